The number of nitrogens with one attached hydrogen (secondary N) is 1. The fraction of sp³-hybridized carbons (Fsp3) is 0.545. The van der Waals surface area contributed by atoms with Crippen molar-refractivity contribution in [1.29, 1.82) is 0 Å². The molecule has 0 aromatic carbocycles. The second-order valence-corrected chi connectivity index (χ2v) is 4.68. The highest BCUT2D eigenvalue weighted by Crippen LogP contribution is 2.27. The van der Waals surface area contributed by atoms with E-state index >= 15 is 0 Å². The van der Waals surface area contributed by atoms with Crippen molar-refractivity contribution in [3.8, 4) is 0 Å². The Bertz CT molecular complexity index is 356. The number of nitrogens with zero attached hydrogens (tertiary/aromatic N) is 1. The molecule has 1 saturated carbocycles. The Balaban J connectivity index is 2.04. The van der Waals surface area contributed by atoms with E-state index in [9.17, 15) is 4.39 Å². The van der Waals surface area contributed by atoms with Crippen LogP contribution in [0.3, 0.4) is 0 Å². The largest absolute Gasteiger partial charge is 0.365 e. The number of hydrogen-bond acceptors (Lipinski definition) is 2. The lowest BCUT2D eigenvalue weighted by Crippen LogP contribution is -2.17. The summed E-state index contributed by atoms with van der Waals surface area (Å²) in [6, 6.07) is 1.64. The van der Waals surface area contributed by atoms with Gasteiger partial charge in [-0.3, -0.25) is 0 Å². The van der Waals surface area contributed by atoms with Crippen molar-refractivity contribution < 1.29 is 4.39 Å². The summed E-state index contributed by atoms with van der Waals surface area (Å²) in [5.41, 5.74) is 0. The van der Waals surface area contributed by atoms with E-state index in [-0.39, 0.29) is 5.82 Å². The molecular weight excluding hydrogens is 215 g/mol. The van der Waals surface area contributed by atoms with Crippen LogP contribution in [0.2, 0.25) is 5.02 Å². The van der Waals surface area contributed by atoms with Crippen LogP contribution in [0.15, 0.2) is 12.3 Å². The zero-order chi connectivity index (χ0) is 10.8. The van der Waals surface area contributed by atoms with Crippen molar-refractivity contribution in [2.45, 2.75) is 32.2 Å². The Labute approximate surface area is 93.9 Å². The number of anilines is 1. The Kier molecular flexibility index (Phi) is 3.10. The fourth-order valence-corrected chi connectivity index (χ4v) is 2.20. The number of aromatic nitrogens is 1. The molecule has 0 aliphatic heterocycles. The third-order valence-electron chi connectivity index (χ3n) is 2.84. The summed E-state index contributed by atoms with van der Waals surface area (Å²) in [5.74, 6) is 0.665. The zero-order valence-corrected chi connectivity index (χ0v) is 9.39. The summed E-state index contributed by atoms with van der Waals surface area (Å²) >= 11 is 5.63. The van der Waals surface area contributed by atoms with E-state index in [0.717, 1.165) is 18.8 Å². The summed E-state index contributed by atoms with van der Waals surface area (Å²) in [5, 5.41) is 3.45. The highest BCUT2D eigenvalue weighted by atomic mass is 35.5. The molecule has 1 aliphatic rings. The lowest BCUT2D eigenvalue weighted by atomic mass is 10.1. The summed E-state index contributed by atoms with van der Waals surface area (Å²) in [7, 11) is 0. The van der Waals surface area contributed by atoms with Crippen LogP contribution in [0.5, 0.6) is 0 Å². The topological polar surface area (TPSA) is 24.9 Å². The summed E-state index contributed by atoms with van der Waals surface area (Å²) < 4.78 is 13.4. The second-order valence-electron chi connectivity index (χ2n) is 4.24. The van der Waals surface area contributed by atoms with E-state index in [2.05, 4.69) is 17.2 Å². The van der Waals surface area contributed by atoms with Crippen LogP contribution >= 0.6 is 11.6 Å². The maximum Gasteiger partial charge on any atom is 0.166 e. The molecule has 0 amide bonds. The van der Waals surface area contributed by atoms with Crippen molar-refractivity contribution in [1.82, 2.24) is 4.98 Å². The average Bonchev–Trinajstić information content (AvgIpc) is 2.56. The highest BCUT2D eigenvalue weighted by molar-refractivity contribution is 6.30. The van der Waals surface area contributed by atoms with Crippen molar-refractivity contribution in [3.63, 3.8) is 0 Å². The molecule has 2 unspecified atom stereocenters. The van der Waals surface area contributed by atoms with Crippen molar-refractivity contribution >= 4 is 17.4 Å². The Morgan fingerprint density at radius 1 is 1.53 bits per heavy atom. The minimum Gasteiger partial charge on any atom is -0.365 e. The van der Waals surface area contributed by atoms with Crippen LogP contribution < -0.4 is 5.32 Å². The molecule has 0 spiro atoms. The normalized spacial score (nSPS) is 25.5. The third-order valence-corrected chi connectivity index (χ3v) is 3.05. The number of pyridine rings is 1. The van der Waals surface area contributed by atoms with Gasteiger partial charge in [0.2, 0.25) is 0 Å². The quantitative estimate of drug-likeness (QED) is 0.839. The van der Waals surface area contributed by atoms with Gasteiger partial charge in [-0.1, -0.05) is 18.5 Å². The minimum atomic E-state index is -0.373. The van der Waals surface area contributed by atoms with Gasteiger partial charge >= 0.3 is 0 Å². The van der Waals surface area contributed by atoms with Gasteiger partial charge in [-0.25, -0.2) is 9.37 Å². The van der Waals surface area contributed by atoms with Crippen LogP contribution in [0.1, 0.15) is 26.2 Å². The molecule has 2 rings (SSSR count). The summed E-state index contributed by atoms with van der Waals surface area (Å²) in [6.45, 7) is 2.22. The predicted octanol–water partition coefficient (Wildman–Crippen LogP) is 3.47. The molecule has 4 heteroatoms. The standard InChI is InChI=1S/C11H14ClFN2/c1-7-2-3-9(4-7)15-11-10(13)5-8(12)6-14-11/h5-7,9H,2-4H2,1H3,(H,14,15). The van der Waals surface area contributed by atoms with Crippen molar-refractivity contribution in [2.75, 3.05) is 5.32 Å². The van der Waals surface area contributed by atoms with E-state index in [0.29, 0.717) is 16.9 Å². The van der Waals surface area contributed by atoms with Gasteiger partial charge in [0.25, 0.3) is 0 Å². The summed E-state index contributed by atoms with van der Waals surface area (Å²) in [6.07, 6.45) is 4.84. The van der Waals surface area contributed by atoms with Gasteiger partial charge in [-0.2, -0.15) is 0 Å². The van der Waals surface area contributed by atoms with E-state index in [4.69, 9.17) is 11.6 Å². The molecule has 1 aromatic rings. The molecule has 1 aliphatic carbocycles. The van der Waals surface area contributed by atoms with Gasteiger partial charge in [-0.15, -0.1) is 0 Å². The highest BCUT2D eigenvalue weighted by Gasteiger charge is 2.22. The molecule has 0 saturated heterocycles. The second kappa shape index (κ2) is 4.35. The van der Waals surface area contributed by atoms with Gasteiger partial charge in [0.15, 0.2) is 11.6 Å². The monoisotopic (exact) mass is 228 g/mol. The smallest absolute Gasteiger partial charge is 0.166 e. The van der Waals surface area contributed by atoms with Gasteiger partial charge in [0, 0.05) is 12.2 Å². The van der Waals surface area contributed by atoms with Gasteiger partial charge in [0.1, 0.15) is 0 Å². The van der Waals surface area contributed by atoms with E-state index in [1.54, 1.807) is 0 Å². The van der Waals surface area contributed by atoms with Crippen molar-refractivity contribution in [2.24, 2.45) is 5.92 Å². The molecule has 2 atom stereocenters. The predicted molar refractivity (Wildman–Crippen MR) is 59.6 cm³/mol. The molecule has 1 heterocycles. The molecule has 1 N–H and O–H groups in total. The summed E-state index contributed by atoms with van der Waals surface area (Å²) in [4.78, 5) is 3.95. The lowest BCUT2D eigenvalue weighted by Gasteiger charge is -2.13. The molecule has 1 fully saturated rings. The maximum absolute atomic E-state index is 13.4. The van der Waals surface area contributed by atoms with E-state index in [1.807, 2.05) is 0 Å². The number of halogens is 2. The lowest BCUT2D eigenvalue weighted by molar-refractivity contribution is 0.595. The van der Waals surface area contributed by atoms with Gasteiger partial charge in [-0.05, 0) is 31.2 Å². The molecule has 82 valence electrons. The number of hydrogen-bond donors (Lipinski definition) is 1. The first kappa shape index (κ1) is 10.7. The van der Waals surface area contributed by atoms with E-state index in [1.165, 1.54) is 18.7 Å². The van der Waals surface area contributed by atoms with Crippen LogP contribution in [0.25, 0.3) is 0 Å². The molecule has 1 aromatic heterocycles. The Morgan fingerprint density at radius 3 is 2.93 bits per heavy atom. The fourth-order valence-electron chi connectivity index (χ4n) is 2.05. The zero-order valence-electron chi connectivity index (χ0n) is 8.63. The van der Waals surface area contributed by atoms with Gasteiger partial charge < -0.3 is 5.32 Å². The number of rotatable bonds is 2. The first-order valence-corrected chi connectivity index (χ1v) is 5.60. The molecule has 0 bridgehead atoms. The molecular formula is C11H14ClFN2. The third kappa shape index (κ3) is 2.59. The average molecular weight is 229 g/mol. The van der Waals surface area contributed by atoms with Crippen LogP contribution in [0.4, 0.5) is 10.2 Å². The van der Waals surface area contributed by atoms with Gasteiger partial charge in [0.05, 0.1) is 5.02 Å². The van der Waals surface area contributed by atoms with Crippen LogP contribution in [-0.2, 0) is 0 Å². The van der Waals surface area contributed by atoms with Crippen molar-refractivity contribution in [3.05, 3.63) is 23.1 Å². The first-order valence-electron chi connectivity index (χ1n) is 5.22. The van der Waals surface area contributed by atoms with Crippen LogP contribution in [0, 0.1) is 11.7 Å². The Hall–Kier alpha value is -0.830. The molecule has 2 nitrogen and oxygen atoms in total. The Morgan fingerprint density at radius 2 is 2.33 bits per heavy atom. The minimum absolute atomic E-state index is 0.318. The SMILES string of the molecule is CC1CCC(Nc2ncc(Cl)cc2F)C1. The van der Waals surface area contributed by atoms with Crippen LogP contribution in [-0.4, -0.2) is 11.0 Å². The maximum atomic E-state index is 13.4. The first-order chi connectivity index (χ1) is 7.15. The van der Waals surface area contributed by atoms with E-state index < -0.39 is 0 Å². The molecule has 0 radical (unpaired) electrons. The molecule has 15 heavy (non-hydrogen) atoms.